The Kier molecular flexibility index (Phi) is 3.21. The Bertz CT molecular complexity index is 371. The molecule has 2 rings (SSSR count). The van der Waals surface area contributed by atoms with E-state index in [0.717, 1.165) is 19.6 Å². The smallest absolute Gasteiger partial charge is 0.226 e. The summed E-state index contributed by atoms with van der Waals surface area (Å²) in [5, 5.41) is 6.36. The monoisotopic (exact) mass is 224 g/mol. The zero-order chi connectivity index (χ0) is 11.5. The molecule has 0 bridgehead atoms. The number of hydrogen-bond acceptors (Lipinski definition) is 5. The van der Waals surface area contributed by atoms with Gasteiger partial charge in [-0.2, -0.15) is 0 Å². The van der Waals surface area contributed by atoms with E-state index >= 15 is 0 Å². The normalized spacial score (nSPS) is 17.1. The van der Waals surface area contributed by atoms with Crippen molar-refractivity contribution in [1.29, 1.82) is 0 Å². The van der Waals surface area contributed by atoms with Gasteiger partial charge < -0.3 is 15.6 Å². The highest BCUT2D eigenvalue weighted by Gasteiger charge is 2.22. The number of rotatable bonds is 4. The maximum Gasteiger partial charge on any atom is 0.226 e. The second kappa shape index (κ2) is 4.63. The number of aromatic nitrogens is 1. The summed E-state index contributed by atoms with van der Waals surface area (Å²) in [6, 6.07) is 1.97. The highest BCUT2D eigenvalue weighted by Crippen LogP contribution is 2.09. The quantitative estimate of drug-likeness (QED) is 0.749. The molecule has 88 valence electrons. The Morgan fingerprint density at radius 3 is 3.06 bits per heavy atom. The predicted octanol–water partition coefficient (Wildman–Crippen LogP) is -0.0455. The average molecular weight is 224 g/mol. The summed E-state index contributed by atoms with van der Waals surface area (Å²) in [7, 11) is 0. The molecular weight excluding hydrogens is 208 g/mol. The molecule has 0 aliphatic carbocycles. The second-order valence-corrected chi connectivity index (χ2v) is 4.14. The van der Waals surface area contributed by atoms with Crippen molar-refractivity contribution in [1.82, 2.24) is 10.1 Å². The van der Waals surface area contributed by atoms with Gasteiger partial charge >= 0.3 is 0 Å². The third kappa shape index (κ3) is 2.80. The molecule has 6 nitrogen and oxygen atoms in total. The van der Waals surface area contributed by atoms with Crippen LogP contribution in [-0.2, 0) is 4.79 Å². The van der Waals surface area contributed by atoms with E-state index in [4.69, 9.17) is 10.3 Å². The van der Waals surface area contributed by atoms with Gasteiger partial charge in [0.25, 0.3) is 0 Å². The Hall–Kier alpha value is -1.40. The minimum absolute atomic E-state index is 0.0474. The van der Waals surface area contributed by atoms with Crippen molar-refractivity contribution in [3.63, 3.8) is 0 Å². The van der Waals surface area contributed by atoms with Crippen molar-refractivity contribution in [2.75, 3.05) is 25.0 Å². The number of aryl methyl sites for hydroxylation is 1. The number of amides is 1. The summed E-state index contributed by atoms with van der Waals surface area (Å²) in [5.74, 6) is 1.11. The van der Waals surface area contributed by atoms with Crippen LogP contribution in [-0.4, -0.2) is 41.6 Å². The lowest BCUT2D eigenvalue weighted by Gasteiger charge is -2.36. The lowest BCUT2D eigenvalue weighted by atomic mass is 10.1. The van der Waals surface area contributed by atoms with Crippen molar-refractivity contribution in [3.05, 3.63) is 11.8 Å². The summed E-state index contributed by atoms with van der Waals surface area (Å²) >= 11 is 0. The van der Waals surface area contributed by atoms with Gasteiger partial charge in [-0.1, -0.05) is 5.16 Å². The first kappa shape index (κ1) is 11.1. The minimum Gasteiger partial charge on any atom is -0.360 e. The highest BCUT2D eigenvalue weighted by atomic mass is 16.5. The van der Waals surface area contributed by atoms with Gasteiger partial charge in [-0.25, -0.2) is 0 Å². The fraction of sp³-hybridized carbons (Fsp3) is 0.600. The lowest BCUT2D eigenvalue weighted by molar-refractivity contribution is -0.116. The van der Waals surface area contributed by atoms with Gasteiger partial charge in [0.15, 0.2) is 5.82 Å². The predicted molar refractivity (Wildman–Crippen MR) is 58.9 cm³/mol. The molecule has 0 unspecified atom stereocenters. The van der Waals surface area contributed by atoms with Crippen LogP contribution in [0.15, 0.2) is 10.6 Å². The van der Waals surface area contributed by atoms with Gasteiger partial charge in [-0.3, -0.25) is 9.69 Å². The Balaban J connectivity index is 1.68. The number of hydrogen-bond donors (Lipinski definition) is 2. The van der Waals surface area contributed by atoms with Crippen molar-refractivity contribution in [3.8, 4) is 0 Å². The fourth-order valence-corrected chi connectivity index (χ4v) is 1.68. The van der Waals surface area contributed by atoms with Gasteiger partial charge in [0, 0.05) is 38.2 Å². The van der Waals surface area contributed by atoms with Crippen molar-refractivity contribution >= 4 is 11.7 Å². The van der Waals surface area contributed by atoms with Crippen molar-refractivity contribution < 1.29 is 9.32 Å². The number of carbonyl (C=O) groups excluding carboxylic acids is 1. The summed E-state index contributed by atoms with van der Waals surface area (Å²) in [6.07, 6.45) is 0.457. The van der Waals surface area contributed by atoms with E-state index < -0.39 is 0 Å². The van der Waals surface area contributed by atoms with Crippen LogP contribution in [0.1, 0.15) is 12.2 Å². The van der Waals surface area contributed by atoms with Crippen LogP contribution >= 0.6 is 0 Å². The van der Waals surface area contributed by atoms with Crippen LogP contribution in [0.4, 0.5) is 5.82 Å². The van der Waals surface area contributed by atoms with E-state index in [1.807, 2.05) is 0 Å². The molecule has 1 amide bonds. The molecule has 0 radical (unpaired) electrons. The van der Waals surface area contributed by atoms with E-state index in [9.17, 15) is 4.79 Å². The van der Waals surface area contributed by atoms with E-state index in [2.05, 4.69) is 15.4 Å². The third-order valence-corrected chi connectivity index (χ3v) is 2.54. The van der Waals surface area contributed by atoms with Crippen LogP contribution in [0.3, 0.4) is 0 Å². The standard InChI is InChI=1S/C10H16N4O2/c1-7-4-9(13-16-7)12-10(15)2-3-14-5-8(11)6-14/h4,8H,2-3,5-6,11H2,1H3,(H,12,13,15). The summed E-state index contributed by atoms with van der Waals surface area (Å²) in [4.78, 5) is 13.6. The first-order valence-electron chi connectivity index (χ1n) is 5.34. The maximum absolute atomic E-state index is 11.5. The molecule has 2 heterocycles. The number of nitrogens with zero attached hydrogens (tertiary/aromatic N) is 2. The van der Waals surface area contributed by atoms with E-state index in [0.29, 0.717) is 18.0 Å². The molecule has 1 aromatic rings. The molecule has 1 aliphatic rings. The Morgan fingerprint density at radius 1 is 1.75 bits per heavy atom. The number of likely N-dealkylation sites (tertiary alicyclic amines) is 1. The van der Waals surface area contributed by atoms with Crippen LogP contribution in [0.5, 0.6) is 0 Å². The number of nitrogens with one attached hydrogen (secondary N) is 1. The summed E-state index contributed by atoms with van der Waals surface area (Å²) in [5.41, 5.74) is 5.64. The van der Waals surface area contributed by atoms with Crippen molar-refractivity contribution in [2.45, 2.75) is 19.4 Å². The maximum atomic E-state index is 11.5. The Labute approximate surface area is 93.8 Å². The largest absolute Gasteiger partial charge is 0.360 e. The van der Waals surface area contributed by atoms with Gasteiger partial charge in [0.1, 0.15) is 5.76 Å². The van der Waals surface area contributed by atoms with E-state index in [1.165, 1.54) is 0 Å². The fourth-order valence-electron chi connectivity index (χ4n) is 1.68. The average Bonchev–Trinajstić information content (AvgIpc) is 2.57. The number of anilines is 1. The SMILES string of the molecule is Cc1cc(NC(=O)CCN2CC(N)C2)no1. The zero-order valence-corrected chi connectivity index (χ0v) is 9.27. The topological polar surface area (TPSA) is 84.4 Å². The lowest BCUT2D eigenvalue weighted by Crippen LogP contribution is -2.56. The molecule has 16 heavy (non-hydrogen) atoms. The highest BCUT2D eigenvalue weighted by molar-refractivity contribution is 5.89. The molecule has 6 heteroatoms. The van der Waals surface area contributed by atoms with Crippen LogP contribution in [0.25, 0.3) is 0 Å². The van der Waals surface area contributed by atoms with E-state index in [-0.39, 0.29) is 11.9 Å². The first-order chi connectivity index (χ1) is 7.63. The van der Waals surface area contributed by atoms with Crippen LogP contribution < -0.4 is 11.1 Å². The molecular formula is C10H16N4O2. The van der Waals surface area contributed by atoms with Gasteiger partial charge in [0.05, 0.1) is 0 Å². The van der Waals surface area contributed by atoms with Crippen molar-refractivity contribution in [2.24, 2.45) is 5.73 Å². The third-order valence-electron chi connectivity index (χ3n) is 2.54. The van der Waals surface area contributed by atoms with Crippen LogP contribution in [0.2, 0.25) is 0 Å². The molecule has 1 aromatic heterocycles. The molecule has 0 saturated carbocycles. The first-order valence-corrected chi connectivity index (χ1v) is 5.34. The summed E-state index contributed by atoms with van der Waals surface area (Å²) < 4.78 is 4.85. The molecule has 0 aromatic carbocycles. The molecule has 0 atom stereocenters. The molecule has 3 N–H and O–H groups in total. The molecule has 1 aliphatic heterocycles. The second-order valence-electron chi connectivity index (χ2n) is 4.14. The van der Waals surface area contributed by atoms with E-state index in [1.54, 1.807) is 13.0 Å². The summed E-state index contributed by atoms with van der Waals surface area (Å²) in [6.45, 7) is 4.30. The van der Waals surface area contributed by atoms with Gasteiger partial charge in [-0.05, 0) is 6.92 Å². The molecule has 1 fully saturated rings. The number of carbonyl (C=O) groups is 1. The molecule has 0 spiro atoms. The van der Waals surface area contributed by atoms with Crippen LogP contribution in [0, 0.1) is 6.92 Å². The minimum atomic E-state index is -0.0474. The van der Waals surface area contributed by atoms with Gasteiger partial charge in [0.2, 0.25) is 5.91 Å². The van der Waals surface area contributed by atoms with Gasteiger partial charge in [-0.15, -0.1) is 0 Å². The zero-order valence-electron chi connectivity index (χ0n) is 9.27. The number of nitrogens with two attached hydrogens (primary N) is 1. The molecule has 1 saturated heterocycles. The Morgan fingerprint density at radius 2 is 2.50 bits per heavy atom.